The van der Waals surface area contributed by atoms with E-state index in [1.807, 2.05) is 6.92 Å². The molecule has 28 heavy (non-hydrogen) atoms. The average Bonchev–Trinajstić information content (AvgIpc) is 2.69. The summed E-state index contributed by atoms with van der Waals surface area (Å²) < 4.78 is 45.2. The van der Waals surface area contributed by atoms with Crippen molar-refractivity contribution in [2.45, 2.75) is 6.92 Å². The number of amides is 1. The minimum Gasteiger partial charge on any atom is -0.494 e. The van der Waals surface area contributed by atoms with Gasteiger partial charge in [-0.25, -0.2) is 13.2 Å². The monoisotopic (exact) mass is 388 g/mol. The van der Waals surface area contributed by atoms with Gasteiger partial charge in [0.1, 0.15) is 5.75 Å². The molecule has 0 radical (unpaired) electrons. The number of ether oxygens (including phenoxy) is 1. The van der Waals surface area contributed by atoms with Crippen LogP contribution in [-0.2, 0) is 0 Å². The van der Waals surface area contributed by atoms with Crippen LogP contribution in [0.15, 0.2) is 48.5 Å². The summed E-state index contributed by atoms with van der Waals surface area (Å²) in [5, 5.41) is 13.0. The number of carbonyl (C=O) groups excluding carboxylic acids is 1. The zero-order chi connectivity index (χ0) is 20.1. The molecular weight excluding hydrogens is 373 g/mol. The van der Waals surface area contributed by atoms with Crippen LogP contribution in [0.2, 0.25) is 0 Å². The van der Waals surface area contributed by atoms with E-state index in [0.29, 0.717) is 18.5 Å². The Bertz CT molecular complexity index is 980. The molecule has 1 amide bonds. The highest BCUT2D eigenvalue weighted by Gasteiger charge is 2.19. The van der Waals surface area contributed by atoms with Crippen LogP contribution in [0, 0.1) is 17.5 Å². The van der Waals surface area contributed by atoms with Gasteiger partial charge in [-0.1, -0.05) is 0 Å². The Morgan fingerprint density at radius 1 is 0.929 bits per heavy atom. The van der Waals surface area contributed by atoms with E-state index in [-0.39, 0.29) is 5.82 Å². The molecule has 2 N–H and O–H groups in total. The lowest BCUT2D eigenvalue weighted by molar-refractivity contribution is 0.102. The molecule has 1 aromatic heterocycles. The predicted molar refractivity (Wildman–Crippen MR) is 97.2 cm³/mol. The topological polar surface area (TPSA) is 76.1 Å². The van der Waals surface area contributed by atoms with Gasteiger partial charge in [0.05, 0.1) is 12.2 Å². The second-order valence-electron chi connectivity index (χ2n) is 5.56. The number of nitrogens with one attached hydrogen (secondary N) is 2. The first-order chi connectivity index (χ1) is 13.5. The maximum absolute atomic E-state index is 13.7. The van der Waals surface area contributed by atoms with Gasteiger partial charge in [0.15, 0.2) is 29.1 Å². The minimum absolute atomic E-state index is 0.0198. The fourth-order valence-electron chi connectivity index (χ4n) is 2.30. The van der Waals surface area contributed by atoms with Crippen LogP contribution < -0.4 is 15.4 Å². The average molecular weight is 388 g/mol. The lowest BCUT2D eigenvalue weighted by Gasteiger charge is -2.08. The molecule has 9 heteroatoms. The van der Waals surface area contributed by atoms with Gasteiger partial charge in [0, 0.05) is 5.69 Å². The first-order valence-corrected chi connectivity index (χ1v) is 8.26. The molecule has 1 heterocycles. The fraction of sp³-hybridized carbons (Fsp3) is 0.105. The van der Waals surface area contributed by atoms with E-state index in [0.717, 1.165) is 17.5 Å². The van der Waals surface area contributed by atoms with Crippen molar-refractivity contribution in [2.75, 3.05) is 17.2 Å². The van der Waals surface area contributed by atoms with Gasteiger partial charge in [0.2, 0.25) is 0 Å². The summed E-state index contributed by atoms with van der Waals surface area (Å²) in [6.45, 7) is 2.46. The maximum atomic E-state index is 13.7. The Balaban J connectivity index is 1.66. The summed E-state index contributed by atoms with van der Waals surface area (Å²) in [4.78, 5) is 12.0. The molecule has 0 bridgehead atoms. The SMILES string of the molecule is CCOc1ccc(Nc2ccc(NC(=O)c3ccc(F)c(F)c3F)nn2)cc1. The lowest BCUT2D eigenvalue weighted by Crippen LogP contribution is -2.16. The molecule has 6 nitrogen and oxygen atoms in total. The van der Waals surface area contributed by atoms with Crippen LogP contribution in [0.1, 0.15) is 17.3 Å². The van der Waals surface area contributed by atoms with Crippen molar-refractivity contribution in [3.05, 3.63) is 71.5 Å². The van der Waals surface area contributed by atoms with E-state index < -0.39 is 28.9 Å². The summed E-state index contributed by atoms with van der Waals surface area (Å²) in [6, 6.07) is 11.7. The quantitative estimate of drug-likeness (QED) is 0.616. The molecule has 0 fully saturated rings. The largest absolute Gasteiger partial charge is 0.494 e. The number of aromatic nitrogens is 2. The molecule has 3 aromatic rings. The number of hydrogen-bond acceptors (Lipinski definition) is 5. The van der Waals surface area contributed by atoms with Crippen LogP contribution in [0.25, 0.3) is 0 Å². The van der Waals surface area contributed by atoms with Gasteiger partial charge >= 0.3 is 0 Å². The van der Waals surface area contributed by atoms with E-state index in [2.05, 4.69) is 20.8 Å². The molecular formula is C19H15F3N4O2. The Labute approximate surface area is 158 Å². The number of benzene rings is 2. The van der Waals surface area contributed by atoms with Crippen LogP contribution in [0.5, 0.6) is 5.75 Å². The number of carbonyl (C=O) groups is 1. The van der Waals surface area contributed by atoms with E-state index in [1.54, 1.807) is 30.3 Å². The molecule has 144 valence electrons. The van der Waals surface area contributed by atoms with Crippen LogP contribution in [0.4, 0.5) is 30.5 Å². The summed E-state index contributed by atoms with van der Waals surface area (Å²) in [5.74, 6) is -4.47. The highest BCUT2D eigenvalue weighted by Crippen LogP contribution is 2.20. The van der Waals surface area contributed by atoms with E-state index >= 15 is 0 Å². The lowest BCUT2D eigenvalue weighted by atomic mass is 10.2. The van der Waals surface area contributed by atoms with Gasteiger partial charge < -0.3 is 15.4 Å². The smallest absolute Gasteiger partial charge is 0.259 e. The van der Waals surface area contributed by atoms with Crippen molar-refractivity contribution >= 4 is 23.2 Å². The summed E-state index contributed by atoms with van der Waals surface area (Å²) in [5.41, 5.74) is 0.107. The van der Waals surface area contributed by atoms with E-state index in [1.165, 1.54) is 6.07 Å². The van der Waals surface area contributed by atoms with Crippen molar-refractivity contribution in [1.29, 1.82) is 0 Å². The molecule has 0 aliphatic rings. The molecule has 0 saturated carbocycles. The molecule has 0 spiro atoms. The highest BCUT2D eigenvalue weighted by molar-refractivity contribution is 6.03. The summed E-state index contributed by atoms with van der Waals surface area (Å²) in [6.07, 6.45) is 0. The maximum Gasteiger partial charge on any atom is 0.259 e. The second-order valence-corrected chi connectivity index (χ2v) is 5.56. The number of nitrogens with zero attached hydrogens (tertiary/aromatic N) is 2. The minimum atomic E-state index is -1.71. The van der Waals surface area contributed by atoms with Crippen molar-refractivity contribution in [3.8, 4) is 5.75 Å². The van der Waals surface area contributed by atoms with Gasteiger partial charge in [0.25, 0.3) is 5.91 Å². The Kier molecular flexibility index (Phi) is 5.73. The number of hydrogen-bond donors (Lipinski definition) is 2. The number of halogens is 3. The molecule has 0 saturated heterocycles. The summed E-state index contributed by atoms with van der Waals surface area (Å²) in [7, 11) is 0. The van der Waals surface area contributed by atoms with Gasteiger partial charge in [-0.3, -0.25) is 4.79 Å². The second kappa shape index (κ2) is 8.38. The van der Waals surface area contributed by atoms with Crippen molar-refractivity contribution in [3.63, 3.8) is 0 Å². The molecule has 2 aromatic carbocycles. The Hall–Kier alpha value is -3.62. The van der Waals surface area contributed by atoms with Crippen molar-refractivity contribution in [2.24, 2.45) is 0 Å². The number of rotatable bonds is 6. The van der Waals surface area contributed by atoms with E-state index in [4.69, 9.17) is 4.74 Å². The third kappa shape index (κ3) is 4.37. The normalized spacial score (nSPS) is 10.4. The standard InChI is InChI=1S/C19H15F3N4O2/c1-2-28-12-5-3-11(4-6-12)23-15-9-10-16(26-25-15)24-19(27)13-7-8-14(20)18(22)17(13)21/h3-10H,2H2,1H3,(H,23,25)(H,24,26,27). The number of anilines is 3. The molecule has 0 aliphatic carbocycles. The van der Waals surface area contributed by atoms with Crippen LogP contribution in [-0.4, -0.2) is 22.7 Å². The zero-order valence-corrected chi connectivity index (χ0v) is 14.7. The third-order valence-electron chi connectivity index (χ3n) is 3.62. The molecule has 0 atom stereocenters. The van der Waals surface area contributed by atoms with Crippen LogP contribution >= 0.6 is 0 Å². The van der Waals surface area contributed by atoms with E-state index in [9.17, 15) is 18.0 Å². The molecule has 0 unspecified atom stereocenters. The molecule has 3 rings (SSSR count). The van der Waals surface area contributed by atoms with Crippen molar-refractivity contribution < 1.29 is 22.7 Å². The first-order valence-electron chi connectivity index (χ1n) is 8.26. The van der Waals surface area contributed by atoms with Crippen molar-refractivity contribution in [1.82, 2.24) is 10.2 Å². The molecule has 0 aliphatic heterocycles. The van der Waals surface area contributed by atoms with Crippen LogP contribution in [0.3, 0.4) is 0 Å². The van der Waals surface area contributed by atoms with Gasteiger partial charge in [-0.05, 0) is 55.5 Å². The first kappa shape index (κ1) is 19.2. The summed E-state index contributed by atoms with van der Waals surface area (Å²) >= 11 is 0. The predicted octanol–water partition coefficient (Wildman–Crippen LogP) is 4.29. The zero-order valence-electron chi connectivity index (χ0n) is 14.7. The Morgan fingerprint density at radius 2 is 1.61 bits per heavy atom. The fourth-order valence-corrected chi connectivity index (χ4v) is 2.30. The Morgan fingerprint density at radius 3 is 2.25 bits per heavy atom. The third-order valence-corrected chi connectivity index (χ3v) is 3.62. The highest BCUT2D eigenvalue weighted by atomic mass is 19.2. The van der Waals surface area contributed by atoms with Gasteiger partial charge in [-0.15, -0.1) is 10.2 Å². The van der Waals surface area contributed by atoms with Gasteiger partial charge in [-0.2, -0.15) is 0 Å².